The number of hydrogen-bond donors (Lipinski definition) is 1. The van der Waals surface area contributed by atoms with Crippen molar-refractivity contribution in [3.8, 4) is 17.2 Å². The Morgan fingerprint density at radius 1 is 0.654 bits per heavy atom. The number of benzene rings is 5. The molecule has 5 aliphatic heterocycles. The third-order valence-electron chi connectivity index (χ3n) is 15.4. The molecule has 0 saturated carbocycles. The highest BCUT2D eigenvalue weighted by Gasteiger charge is 2.39. The highest BCUT2D eigenvalue weighted by molar-refractivity contribution is 6.15. The summed E-state index contributed by atoms with van der Waals surface area (Å²) >= 11 is 0. The summed E-state index contributed by atoms with van der Waals surface area (Å²) in [5.74, 6) is -2.23. The van der Waals surface area contributed by atoms with E-state index in [0.29, 0.717) is 75.2 Å². The Balaban J connectivity index is 0.779. The molecule has 0 spiro atoms. The number of anilines is 3. The van der Waals surface area contributed by atoms with Crippen LogP contribution in [0.5, 0.6) is 17.2 Å². The average Bonchev–Trinajstić information content (AvgIpc) is 4.29. The van der Waals surface area contributed by atoms with Gasteiger partial charge in [0.2, 0.25) is 11.8 Å². The largest absolute Gasteiger partial charge is 0.493 e. The molecule has 0 bridgehead atoms. The van der Waals surface area contributed by atoms with E-state index in [9.17, 15) is 43.2 Å². The second kappa shape index (κ2) is 24.2. The molecule has 0 radical (unpaired) electrons. The monoisotopic (exact) mass is 1100 g/mol. The summed E-state index contributed by atoms with van der Waals surface area (Å²) in [5, 5.41) is 3.01. The van der Waals surface area contributed by atoms with Crippen molar-refractivity contribution in [2.45, 2.75) is 122 Å². The second-order valence-electron chi connectivity index (χ2n) is 21.0. The van der Waals surface area contributed by atoms with Crippen molar-refractivity contribution in [3.05, 3.63) is 136 Å². The Labute approximate surface area is 468 Å². The topological polar surface area (TPSA) is 228 Å². The molecule has 1 N–H and O–H groups in total. The van der Waals surface area contributed by atoms with Crippen molar-refractivity contribution in [2.24, 2.45) is 4.99 Å². The number of Topliss-reactive ketones (excluding diaryl/α,β-unsaturated/α-hetero) is 2. The lowest BCUT2D eigenvalue weighted by atomic mass is 9.99. The third-order valence-corrected chi connectivity index (χ3v) is 15.4. The first-order chi connectivity index (χ1) is 39.1. The highest BCUT2D eigenvalue weighted by Crippen LogP contribution is 2.42. The second-order valence-corrected chi connectivity index (χ2v) is 21.0. The molecule has 1 fully saturated rings. The molecule has 81 heavy (non-hydrogen) atoms. The number of ether oxygens (including phenoxy) is 3. The lowest BCUT2D eigenvalue weighted by Gasteiger charge is -2.23. The van der Waals surface area contributed by atoms with Crippen molar-refractivity contribution >= 4 is 81.9 Å². The van der Waals surface area contributed by atoms with Gasteiger partial charge < -0.3 is 34.2 Å². The Bertz CT molecular complexity index is 3410. The van der Waals surface area contributed by atoms with Gasteiger partial charge in [-0.3, -0.25) is 48.2 Å². The van der Waals surface area contributed by atoms with Gasteiger partial charge in [0.15, 0.2) is 17.3 Å². The van der Waals surface area contributed by atoms with Crippen LogP contribution in [0, 0.1) is 6.92 Å². The summed E-state index contributed by atoms with van der Waals surface area (Å²) in [7, 11) is 3.13. The van der Waals surface area contributed by atoms with Gasteiger partial charge >= 0.3 is 5.97 Å². The first-order valence-electron chi connectivity index (χ1n) is 27.4. The number of nitrogens with one attached hydrogen (secondary N) is 1. The molecule has 0 unspecified atom stereocenters. The van der Waals surface area contributed by atoms with Crippen LogP contribution in [0.4, 0.5) is 22.7 Å². The molecule has 6 amide bonds. The first kappa shape index (κ1) is 55.3. The number of unbranched alkanes of at least 4 members (excludes halogenated alkanes) is 1. The Hall–Kier alpha value is -9.00. The van der Waals surface area contributed by atoms with Gasteiger partial charge in [-0.2, -0.15) is 0 Å². The number of hydrogen-bond acceptors (Lipinski definition) is 14. The molecule has 2 atom stereocenters. The zero-order valence-electron chi connectivity index (χ0n) is 45.5. The summed E-state index contributed by atoms with van der Waals surface area (Å²) in [4.78, 5) is 130. The van der Waals surface area contributed by atoms with E-state index in [4.69, 9.17) is 24.0 Å². The fourth-order valence-corrected chi connectivity index (χ4v) is 11.0. The molecule has 19 nitrogen and oxygen atoms in total. The SMILES string of the molecule is COc1cc2c(cc1OCc1cc(COc3cc4c(cc3C)C(=O)N3c5ccccc5C[C@H]3C=N4)cc(N(C)C(=O)CCC(=O)CNC(=O)CCC(=O)CCCCC(=O)ON3C(=O)CCC3=O)c1)CC[C@@H]1Cc3ccccc3N1C2=O. The Morgan fingerprint density at radius 2 is 1.31 bits per heavy atom. The van der Waals surface area contributed by atoms with Crippen LogP contribution in [-0.2, 0) is 70.9 Å². The molecule has 5 aliphatic rings. The van der Waals surface area contributed by atoms with Crippen molar-refractivity contribution in [2.75, 3.05) is 35.4 Å². The van der Waals surface area contributed by atoms with Crippen LogP contribution in [0.1, 0.15) is 125 Å². The molecule has 0 aliphatic carbocycles. The van der Waals surface area contributed by atoms with E-state index in [1.165, 1.54) is 12.0 Å². The molecule has 1 saturated heterocycles. The number of amides is 6. The van der Waals surface area contributed by atoms with Crippen LogP contribution in [0.15, 0.2) is 96.0 Å². The number of rotatable bonds is 22. The fourth-order valence-electron chi connectivity index (χ4n) is 11.0. The van der Waals surface area contributed by atoms with Crippen molar-refractivity contribution in [1.29, 1.82) is 0 Å². The van der Waals surface area contributed by atoms with E-state index < -0.39 is 23.7 Å². The van der Waals surface area contributed by atoms with Gasteiger partial charge in [0.25, 0.3) is 23.6 Å². The number of carbonyl (C=O) groups is 9. The third kappa shape index (κ3) is 12.3. The maximum Gasteiger partial charge on any atom is 0.333 e. The molecule has 5 aromatic carbocycles. The highest BCUT2D eigenvalue weighted by atomic mass is 16.7. The van der Waals surface area contributed by atoms with Crippen molar-refractivity contribution in [1.82, 2.24) is 10.4 Å². The minimum absolute atomic E-state index is 0.0101. The van der Waals surface area contributed by atoms with E-state index in [-0.39, 0.29) is 119 Å². The summed E-state index contributed by atoms with van der Waals surface area (Å²) in [6.07, 6.45) is 4.75. The summed E-state index contributed by atoms with van der Waals surface area (Å²) in [6.45, 7) is 1.64. The molecule has 0 aromatic heterocycles. The smallest absolute Gasteiger partial charge is 0.333 e. The number of ketones is 2. The van der Waals surface area contributed by atoms with Gasteiger partial charge in [-0.15, -0.1) is 5.06 Å². The maximum absolute atomic E-state index is 14.2. The van der Waals surface area contributed by atoms with Crippen LogP contribution in [-0.4, -0.2) is 97.0 Å². The van der Waals surface area contributed by atoms with Crippen LogP contribution >= 0.6 is 0 Å². The number of imide groups is 1. The standard InChI is InChI=1S/C62H62N6O13/c1-37-24-49-50(63-33-45-29-42-11-5-8-14-52(42)67(45)62(49)77)32-53(37)79-35-38-25-39(36-80-55-30-40-16-17-43-28-41-10-4-7-13-51(41)66(43)61(76)48(40)31-54(55)78-3)27-44(26-38)65(2)57(72)21-19-47(70)34-64-56(71)20-18-46(69)12-6-9-15-60(75)81-68-58(73)22-23-59(68)74/h4-5,7-8,10-11,13-14,24-27,30-33,43,45H,6,9,12,15-23,28-29,34-36H2,1-3H3,(H,64,71)/t43-,45+/m1/s1. The Morgan fingerprint density at radius 3 is 2.04 bits per heavy atom. The summed E-state index contributed by atoms with van der Waals surface area (Å²) in [6, 6.07) is 28.4. The van der Waals surface area contributed by atoms with Crippen LogP contribution in [0.2, 0.25) is 0 Å². The number of nitrogens with zero attached hydrogens (tertiary/aromatic N) is 5. The van der Waals surface area contributed by atoms with Gasteiger partial charge in [-0.25, -0.2) is 4.79 Å². The predicted molar refractivity (Wildman–Crippen MR) is 298 cm³/mol. The molecule has 418 valence electrons. The van der Waals surface area contributed by atoms with E-state index >= 15 is 0 Å². The maximum atomic E-state index is 14.2. The molecule has 5 aromatic rings. The number of methoxy groups -OCH3 is 1. The first-order valence-corrected chi connectivity index (χ1v) is 27.4. The quantitative estimate of drug-likeness (QED) is 0.0514. The molecule has 5 heterocycles. The van der Waals surface area contributed by atoms with E-state index in [1.54, 1.807) is 30.1 Å². The zero-order chi connectivity index (χ0) is 56.9. The number of fused-ring (bicyclic) bond motifs is 8. The number of hydroxylamine groups is 2. The fraction of sp³-hybridized carbons (Fsp3) is 0.355. The van der Waals surface area contributed by atoms with Gasteiger partial charge in [-0.05, 0) is 121 Å². The van der Waals surface area contributed by atoms with Crippen LogP contribution < -0.4 is 34.2 Å². The van der Waals surface area contributed by atoms with Gasteiger partial charge in [-0.1, -0.05) is 36.4 Å². The minimum Gasteiger partial charge on any atom is -0.493 e. The molecule has 10 rings (SSSR count). The molecular formula is C62H62N6O13. The summed E-state index contributed by atoms with van der Waals surface area (Å²) < 4.78 is 18.8. The Kier molecular flexibility index (Phi) is 16.5. The lowest BCUT2D eigenvalue weighted by molar-refractivity contribution is -0.197. The van der Waals surface area contributed by atoms with Crippen molar-refractivity contribution < 1.29 is 62.2 Å². The number of aliphatic imine (C=N–C) groups is 1. The normalized spacial score (nSPS) is 16.6. The van der Waals surface area contributed by atoms with E-state index in [1.807, 2.05) is 84.8 Å². The van der Waals surface area contributed by atoms with E-state index in [0.717, 1.165) is 46.5 Å². The number of para-hydroxylation sites is 2. The zero-order valence-corrected chi connectivity index (χ0v) is 45.5. The van der Waals surface area contributed by atoms with Crippen LogP contribution in [0.3, 0.4) is 0 Å². The van der Waals surface area contributed by atoms with E-state index in [2.05, 4.69) is 11.4 Å². The average molecular weight is 1100 g/mol. The molecular weight excluding hydrogens is 1040 g/mol. The summed E-state index contributed by atoms with van der Waals surface area (Å²) in [5.41, 5.74) is 9.01. The van der Waals surface area contributed by atoms with Crippen LogP contribution in [0.25, 0.3) is 0 Å². The number of aryl methyl sites for hydroxylation is 2. The lowest BCUT2D eigenvalue weighted by Crippen LogP contribution is -2.37. The number of carbonyl (C=O) groups excluding carboxylic acids is 9. The van der Waals surface area contributed by atoms with Gasteiger partial charge in [0, 0.05) is 106 Å². The van der Waals surface area contributed by atoms with Gasteiger partial charge in [0.05, 0.1) is 30.9 Å². The van der Waals surface area contributed by atoms with Gasteiger partial charge in [0.1, 0.15) is 24.7 Å². The van der Waals surface area contributed by atoms with Crippen molar-refractivity contribution in [3.63, 3.8) is 0 Å². The predicted octanol–water partition coefficient (Wildman–Crippen LogP) is 7.91. The minimum atomic E-state index is -0.751. The molecule has 19 heteroatoms.